The Kier molecular flexibility index (Phi) is 4.14. The van der Waals surface area contributed by atoms with Crippen molar-refractivity contribution in [3.8, 4) is 11.1 Å². The second-order valence-electron chi connectivity index (χ2n) is 6.93. The fourth-order valence-corrected chi connectivity index (χ4v) is 4.91. The maximum atomic E-state index is 13.4. The molecule has 0 spiro atoms. The standard InChI is InChI=1S/C25H16O3S/c1-15-14-20(26)28-24-18(15)12-13-19-22(24)21(16-8-4-2-5-9-16)25(29-19)23(27)17-10-6-3-7-11-17/h2-14H,1H3. The number of aryl methyl sites for hydroxylation is 1. The van der Waals surface area contributed by atoms with Crippen LogP contribution in [0, 0.1) is 6.92 Å². The van der Waals surface area contributed by atoms with Crippen LogP contribution in [0.2, 0.25) is 0 Å². The van der Waals surface area contributed by atoms with E-state index in [1.807, 2.05) is 79.7 Å². The van der Waals surface area contributed by atoms with Crippen LogP contribution in [0.15, 0.2) is 88.1 Å². The molecule has 2 aromatic heterocycles. The highest BCUT2D eigenvalue weighted by atomic mass is 32.1. The minimum Gasteiger partial charge on any atom is -0.422 e. The highest BCUT2D eigenvalue weighted by Crippen LogP contribution is 2.43. The summed E-state index contributed by atoms with van der Waals surface area (Å²) in [5, 5.41) is 1.70. The zero-order chi connectivity index (χ0) is 20.0. The average Bonchev–Trinajstić information content (AvgIpc) is 3.14. The maximum Gasteiger partial charge on any atom is 0.336 e. The van der Waals surface area contributed by atoms with E-state index in [-0.39, 0.29) is 11.4 Å². The first-order valence-corrected chi connectivity index (χ1v) is 10.1. The fourth-order valence-electron chi connectivity index (χ4n) is 3.72. The molecule has 3 aromatic carbocycles. The first-order valence-electron chi connectivity index (χ1n) is 9.28. The normalized spacial score (nSPS) is 11.2. The Balaban J connectivity index is 1.93. The smallest absolute Gasteiger partial charge is 0.336 e. The van der Waals surface area contributed by atoms with Gasteiger partial charge in [0.1, 0.15) is 5.58 Å². The molecule has 0 saturated heterocycles. The van der Waals surface area contributed by atoms with Crippen LogP contribution in [0.1, 0.15) is 20.8 Å². The number of carbonyl (C=O) groups excluding carboxylic acids is 1. The Hall–Kier alpha value is -3.50. The first-order chi connectivity index (χ1) is 14.1. The Bertz CT molecular complexity index is 1430. The van der Waals surface area contributed by atoms with Gasteiger partial charge in [0.05, 0.1) is 4.88 Å². The molecule has 2 heterocycles. The zero-order valence-electron chi connectivity index (χ0n) is 15.6. The summed E-state index contributed by atoms with van der Waals surface area (Å²) in [6.07, 6.45) is 0. The number of ketones is 1. The van der Waals surface area contributed by atoms with Gasteiger partial charge >= 0.3 is 5.63 Å². The minimum absolute atomic E-state index is 0.0335. The highest BCUT2D eigenvalue weighted by Gasteiger charge is 2.23. The van der Waals surface area contributed by atoms with Gasteiger partial charge in [-0.3, -0.25) is 4.79 Å². The Morgan fingerprint density at radius 2 is 1.59 bits per heavy atom. The third-order valence-electron chi connectivity index (χ3n) is 5.08. The molecular formula is C25H16O3S. The van der Waals surface area contributed by atoms with Crippen LogP contribution in [0.5, 0.6) is 0 Å². The second kappa shape index (κ2) is 6.83. The SMILES string of the molecule is Cc1cc(=O)oc2c1ccc1sc(C(=O)c3ccccc3)c(-c3ccccc3)c12. The molecule has 0 amide bonds. The van der Waals surface area contributed by atoms with E-state index in [9.17, 15) is 9.59 Å². The van der Waals surface area contributed by atoms with Crippen LogP contribution >= 0.6 is 11.3 Å². The van der Waals surface area contributed by atoms with E-state index in [0.29, 0.717) is 16.0 Å². The molecule has 0 unspecified atom stereocenters. The summed E-state index contributed by atoms with van der Waals surface area (Å²) in [5.41, 5.74) is 3.39. The van der Waals surface area contributed by atoms with Crippen molar-refractivity contribution in [3.63, 3.8) is 0 Å². The Morgan fingerprint density at radius 1 is 0.897 bits per heavy atom. The molecule has 0 aliphatic rings. The summed E-state index contributed by atoms with van der Waals surface area (Å²) in [4.78, 5) is 26.2. The lowest BCUT2D eigenvalue weighted by atomic mass is 9.96. The number of carbonyl (C=O) groups is 1. The molecule has 5 aromatic rings. The quantitative estimate of drug-likeness (QED) is 0.269. The van der Waals surface area contributed by atoms with Crippen LogP contribution in [0.4, 0.5) is 0 Å². The minimum atomic E-state index is -0.386. The summed E-state index contributed by atoms with van der Waals surface area (Å²) in [7, 11) is 0. The van der Waals surface area contributed by atoms with Crippen molar-refractivity contribution < 1.29 is 9.21 Å². The van der Waals surface area contributed by atoms with Gasteiger partial charge in [0.25, 0.3) is 0 Å². The molecule has 0 N–H and O–H groups in total. The number of hydrogen-bond donors (Lipinski definition) is 0. The van der Waals surface area contributed by atoms with Crippen molar-refractivity contribution in [2.45, 2.75) is 6.92 Å². The zero-order valence-corrected chi connectivity index (χ0v) is 16.5. The second-order valence-corrected chi connectivity index (χ2v) is 7.98. The summed E-state index contributed by atoms with van der Waals surface area (Å²) in [6, 6.07) is 24.5. The van der Waals surface area contributed by atoms with Crippen molar-refractivity contribution in [2.75, 3.05) is 0 Å². The van der Waals surface area contributed by atoms with Crippen molar-refractivity contribution in [1.82, 2.24) is 0 Å². The van der Waals surface area contributed by atoms with E-state index in [2.05, 4.69) is 0 Å². The van der Waals surface area contributed by atoms with Crippen molar-refractivity contribution >= 4 is 38.2 Å². The van der Waals surface area contributed by atoms with Gasteiger partial charge in [-0.2, -0.15) is 0 Å². The van der Waals surface area contributed by atoms with E-state index >= 15 is 0 Å². The Morgan fingerprint density at radius 3 is 2.31 bits per heavy atom. The summed E-state index contributed by atoms with van der Waals surface area (Å²) in [6.45, 7) is 1.90. The van der Waals surface area contributed by atoms with Gasteiger partial charge in [-0.15, -0.1) is 11.3 Å². The first kappa shape index (κ1) is 17.6. The molecule has 4 heteroatoms. The molecule has 0 aliphatic heterocycles. The molecule has 3 nitrogen and oxygen atoms in total. The number of benzene rings is 3. The van der Waals surface area contributed by atoms with Gasteiger partial charge < -0.3 is 4.42 Å². The van der Waals surface area contributed by atoms with Gasteiger partial charge in [0.15, 0.2) is 0 Å². The summed E-state index contributed by atoms with van der Waals surface area (Å²) in [5.74, 6) is -0.0335. The lowest BCUT2D eigenvalue weighted by Crippen LogP contribution is -2.00. The number of fused-ring (bicyclic) bond motifs is 3. The number of thiophene rings is 1. The molecule has 0 saturated carbocycles. The summed E-state index contributed by atoms with van der Waals surface area (Å²) >= 11 is 1.44. The molecule has 0 bridgehead atoms. The van der Waals surface area contributed by atoms with Crippen LogP contribution in [0.25, 0.3) is 32.2 Å². The predicted octanol–water partition coefficient (Wildman–Crippen LogP) is 6.21. The average molecular weight is 396 g/mol. The predicted molar refractivity (Wildman–Crippen MR) is 118 cm³/mol. The lowest BCUT2D eigenvalue weighted by molar-refractivity contribution is 0.104. The molecule has 0 aliphatic carbocycles. The summed E-state index contributed by atoms with van der Waals surface area (Å²) < 4.78 is 6.58. The highest BCUT2D eigenvalue weighted by molar-refractivity contribution is 7.21. The van der Waals surface area contributed by atoms with E-state index in [1.165, 1.54) is 17.4 Å². The molecule has 0 radical (unpaired) electrons. The van der Waals surface area contributed by atoms with Gasteiger partial charge in [0.2, 0.25) is 5.78 Å². The monoisotopic (exact) mass is 396 g/mol. The molecule has 5 rings (SSSR count). The fraction of sp³-hybridized carbons (Fsp3) is 0.0400. The molecule has 0 fully saturated rings. The van der Waals surface area contributed by atoms with Crippen molar-refractivity contribution in [3.05, 3.63) is 105 Å². The topological polar surface area (TPSA) is 47.3 Å². The third-order valence-corrected chi connectivity index (χ3v) is 6.23. The van der Waals surface area contributed by atoms with E-state index in [0.717, 1.165) is 32.2 Å². The van der Waals surface area contributed by atoms with Gasteiger partial charge in [-0.05, 0) is 30.2 Å². The van der Waals surface area contributed by atoms with Crippen LogP contribution in [-0.4, -0.2) is 5.78 Å². The molecular weight excluding hydrogens is 380 g/mol. The van der Waals surface area contributed by atoms with Gasteiger partial charge in [-0.1, -0.05) is 60.7 Å². The van der Waals surface area contributed by atoms with E-state index < -0.39 is 0 Å². The third kappa shape index (κ3) is 2.89. The van der Waals surface area contributed by atoms with Crippen molar-refractivity contribution in [1.29, 1.82) is 0 Å². The van der Waals surface area contributed by atoms with Crippen LogP contribution in [0.3, 0.4) is 0 Å². The van der Waals surface area contributed by atoms with Gasteiger partial charge in [0, 0.05) is 32.7 Å². The number of hydrogen-bond acceptors (Lipinski definition) is 4. The van der Waals surface area contributed by atoms with Crippen molar-refractivity contribution in [2.24, 2.45) is 0 Å². The largest absolute Gasteiger partial charge is 0.422 e. The lowest BCUT2D eigenvalue weighted by Gasteiger charge is -2.07. The van der Waals surface area contributed by atoms with E-state index in [1.54, 1.807) is 0 Å². The van der Waals surface area contributed by atoms with Crippen LogP contribution in [-0.2, 0) is 0 Å². The van der Waals surface area contributed by atoms with Gasteiger partial charge in [-0.25, -0.2) is 4.79 Å². The van der Waals surface area contributed by atoms with Crippen LogP contribution < -0.4 is 5.63 Å². The number of rotatable bonds is 3. The molecule has 29 heavy (non-hydrogen) atoms. The molecule has 0 atom stereocenters. The van der Waals surface area contributed by atoms with E-state index in [4.69, 9.17) is 4.42 Å². The Labute approximate surface area is 170 Å². The maximum absolute atomic E-state index is 13.4. The molecule has 140 valence electrons.